The largest absolute Gasteiger partial charge is 0.313 e. The molecule has 346 valence electrons. The molecule has 0 N–H and O–H groups in total. The number of nitrogens with zero attached hydrogens (tertiary/aromatic N) is 4. The third-order valence-electron chi connectivity index (χ3n) is 16.1. The average Bonchev–Trinajstić information content (AvgIpc) is 4.03. The Kier molecular flexibility index (Phi) is 9.12. The van der Waals surface area contributed by atoms with Crippen molar-refractivity contribution in [3.05, 3.63) is 252 Å². The van der Waals surface area contributed by atoms with E-state index in [-0.39, 0.29) is 5.92 Å². The molecule has 13 aromatic rings. The maximum atomic E-state index is 5.33. The van der Waals surface area contributed by atoms with Crippen LogP contribution in [0.2, 0.25) is 0 Å². The Labute approximate surface area is 431 Å². The second kappa shape index (κ2) is 16.2. The lowest BCUT2D eigenvalue weighted by Gasteiger charge is -2.35. The minimum atomic E-state index is 0.282. The molecule has 0 saturated heterocycles. The standard InChI is InChI=1S/C69H44N4S/c1-2-15-41(16-3-1)67-70-68(72-69(71-67)58-26-14-25-57-56-24-11-13-28-65(56)74-66(57)58)44-30-34-54-60(39-44)51-22-9-7-20-49(51)53-35-32-45(40-61(53)54)73-63-27-12-10-23-55(63)62-38-43(31-36-64(62)73)42-29-33-52-48-19-5-4-17-46(48)47-18-6-8-21-50(47)59(52)37-42/h1-11,13-26,28-40,52,59H,12,27H2. The lowest BCUT2D eigenvalue weighted by atomic mass is 9.69. The first kappa shape index (κ1) is 41.6. The fourth-order valence-electron chi connectivity index (χ4n) is 12.7. The summed E-state index contributed by atoms with van der Waals surface area (Å²) in [5, 5.41) is 11.0. The number of benzene rings is 10. The van der Waals surface area contributed by atoms with Crippen LogP contribution in [0.3, 0.4) is 0 Å². The van der Waals surface area contributed by atoms with E-state index < -0.39 is 0 Å². The maximum Gasteiger partial charge on any atom is 0.165 e. The van der Waals surface area contributed by atoms with Gasteiger partial charge in [0.1, 0.15) is 0 Å². The molecule has 3 aliphatic carbocycles. The van der Waals surface area contributed by atoms with Crippen LogP contribution in [0.5, 0.6) is 0 Å². The van der Waals surface area contributed by atoms with Crippen molar-refractivity contribution < 1.29 is 0 Å². The zero-order chi connectivity index (χ0) is 48.4. The third-order valence-corrected chi connectivity index (χ3v) is 17.3. The van der Waals surface area contributed by atoms with Crippen molar-refractivity contribution in [3.8, 4) is 51.0 Å². The van der Waals surface area contributed by atoms with Crippen LogP contribution in [-0.2, 0) is 6.42 Å². The number of thiophene rings is 1. The fraction of sp³-hybridized carbons (Fsp3) is 0.0580. The van der Waals surface area contributed by atoms with E-state index in [0.29, 0.717) is 23.4 Å². The zero-order valence-electron chi connectivity index (χ0n) is 40.2. The molecule has 74 heavy (non-hydrogen) atoms. The van der Waals surface area contributed by atoms with Gasteiger partial charge in [0.25, 0.3) is 0 Å². The van der Waals surface area contributed by atoms with Crippen molar-refractivity contribution in [1.29, 1.82) is 0 Å². The van der Waals surface area contributed by atoms with Crippen molar-refractivity contribution in [2.24, 2.45) is 0 Å². The summed E-state index contributed by atoms with van der Waals surface area (Å²) >= 11 is 1.79. The van der Waals surface area contributed by atoms with Gasteiger partial charge < -0.3 is 4.57 Å². The highest BCUT2D eigenvalue weighted by Crippen LogP contribution is 2.51. The molecule has 2 atom stereocenters. The molecule has 0 spiro atoms. The number of fused-ring (bicyclic) bond motifs is 18. The Morgan fingerprint density at radius 2 is 1.05 bits per heavy atom. The van der Waals surface area contributed by atoms with Crippen LogP contribution in [0.4, 0.5) is 0 Å². The van der Waals surface area contributed by atoms with Crippen LogP contribution < -0.4 is 0 Å². The molecular formula is C69H44N4S. The molecule has 0 aliphatic heterocycles. The Hall–Kier alpha value is -9.03. The summed E-state index contributed by atoms with van der Waals surface area (Å²) in [5.41, 5.74) is 16.1. The molecule has 0 saturated carbocycles. The van der Waals surface area contributed by atoms with E-state index in [1.54, 1.807) is 11.3 Å². The van der Waals surface area contributed by atoms with Crippen molar-refractivity contribution in [2.45, 2.75) is 24.7 Å². The monoisotopic (exact) mass is 960 g/mol. The van der Waals surface area contributed by atoms with Gasteiger partial charge in [0.05, 0.1) is 5.52 Å². The smallest absolute Gasteiger partial charge is 0.165 e. The molecule has 5 heteroatoms. The van der Waals surface area contributed by atoms with Gasteiger partial charge in [-0.1, -0.05) is 188 Å². The normalized spacial score (nSPS) is 15.7. The molecule has 2 unspecified atom stereocenters. The molecule has 3 aliphatic rings. The molecule has 0 amide bonds. The van der Waals surface area contributed by atoms with Crippen molar-refractivity contribution in [3.63, 3.8) is 0 Å². The summed E-state index contributed by atoms with van der Waals surface area (Å²) in [6.45, 7) is 0. The Morgan fingerprint density at radius 3 is 1.91 bits per heavy atom. The third kappa shape index (κ3) is 6.30. The number of hydrogen-bond donors (Lipinski definition) is 0. The molecule has 16 rings (SSSR count). The van der Waals surface area contributed by atoms with Crippen LogP contribution >= 0.6 is 11.3 Å². The quantitative estimate of drug-likeness (QED) is 0.161. The summed E-state index contributed by atoms with van der Waals surface area (Å²) in [5.74, 6) is 2.58. The first-order valence-corrected chi connectivity index (χ1v) is 26.5. The molecule has 0 radical (unpaired) electrons. The van der Waals surface area contributed by atoms with E-state index in [9.17, 15) is 0 Å². The minimum Gasteiger partial charge on any atom is -0.313 e. The average molecular weight is 961 g/mol. The lowest BCUT2D eigenvalue weighted by Crippen LogP contribution is -2.17. The van der Waals surface area contributed by atoms with Gasteiger partial charge in [0, 0.05) is 71.0 Å². The first-order chi connectivity index (χ1) is 36.7. The topological polar surface area (TPSA) is 43.6 Å². The molecule has 0 bridgehead atoms. The summed E-state index contributed by atoms with van der Waals surface area (Å²) in [4.78, 5) is 15.7. The number of hydrogen-bond acceptors (Lipinski definition) is 4. The Morgan fingerprint density at radius 1 is 0.432 bits per heavy atom. The summed E-state index contributed by atoms with van der Waals surface area (Å²) in [7, 11) is 0. The molecule has 4 nitrogen and oxygen atoms in total. The van der Waals surface area contributed by atoms with Gasteiger partial charge in [-0.15, -0.1) is 11.3 Å². The van der Waals surface area contributed by atoms with Crippen LogP contribution in [0.1, 0.15) is 46.2 Å². The summed E-state index contributed by atoms with van der Waals surface area (Å²) in [6, 6.07) is 73.3. The van der Waals surface area contributed by atoms with Gasteiger partial charge in [-0.25, -0.2) is 15.0 Å². The van der Waals surface area contributed by atoms with E-state index in [2.05, 4.69) is 217 Å². The van der Waals surface area contributed by atoms with E-state index >= 15 is 0 Å². The minimum absolute atomic E-state index is 0.282. The maximum absolute atomic E-state index is 5.33. The van der Waals surface area contributed by atoms with E-state index in [1.807, 2.05) is 18.2 Å². The van der Waals surface area contributed by atoms with Crippen molar-refractivity contribution >= 4 is 86.4 Å². The van der Waals surface area contributed by atoms with Gasteiger partial charge in [-0.05, 0) is 121 Å². The lowest BCUT2D eigenvalue weighted by molar-refractivity contribution is 0.722. The second-order valence-electron chi connectivity index (χ2n) is 20.1. The Balaban J connectivity index is 0.838. The van der Waals surface area contributed by atoms with Crippen molar-refractivity contribution in [2.75, 3.05) is 0 Å². The predicted molar refractivity (Wildman–Crippen MR) is 310 cm³/mol. The highest BCUT2D eigenvalue weighted by Gasteiger charge is 2.33. The summed E-state index contributed by atoms with van der Waals surface area (Å²) in [6.07, 6.45) is 14.0. The summed E-state index contributed by atoms with van der Waals surface area (Å²) < 4.78 is 4.97. The van der Waals surface area contributed by atoms with Crippen LogP contribution in [-0.4, -0.2) is 19.5 Å². The predicted octanol–water partition coefficient (Wildman–Crippen LogP) is 18.1. The highest BCUT2D eigenvalue weighted by molar-refractivity contribution is 7.26. The second-order valence-corrected chi connectivity index (χ2v) is 21.1. The first-order valence-electron chi connectivity index (χ1n) is 25.7. The van der Waals surface area contributed by atoms with Gasteiger partial charge >= 0.3 is 0 Å². The van der Waals surface area contributed by atoms with Crippen LogP contribution in [0.25, 0.3) is 126 Å². The zero-order valence-corrected chi connectivity index (χ0v) is 41.0. The highest BCUT2D eigenvalue weighted by atomic mass is 32.1. The van der Waals surface area contributed by atoms with E-state index in [0.717, 1.165) is 29.5 Å². The molecule has 10 aromatic carbocycles. The molecular weight excluding hydrogens is 917 g/mol. The van der Waals surface area contributed by atoms with Gasteiger partial charge in [0.15, 0.2) is 17.5 Å². The number of allylic oxidation sites excluding steroid dienone is 5. The van der Waals surface area contributed by atoms with E-state index in [1.165, 1.54) is 114 Å². The van der Waals surface area contributed by atoms with Crippen LogP contribution in [0.15, 0.2) is 224 Å². The van der Waals surface area contributed by atoms with E-state index in [4.69, 9.17) is 15.0 Å². The SMILES string of the molecule is C1=Cc2c(n(-c3ccc4c5ccccc5c5cc(-c6nc(-c7ccccc7)nc(-c7cccc8c7sc7ccccc78)n6)ccc5c4c3)c3ccc(C4=CC5c6ccccc6-c6ccccc6C5C=C4)cc23)CC1. The van der Waals surface area contributed by atoms with Crippen molar-refractivity contribution in [1.82, 2.24) is 19.5 Å². The fourth-order valence-corrected chi connectivity index (χ4v) is 13.9. The molecule has 3 aromatic heterocycles. The Bertz CT molecular complexity index is 4630. The molecule has 0 fully saturated rings. The number of aromatic nitrogens is 4. The van der Waals surface area contributed by atoms with Gasteiger partial charge in [-0.2, -0.15) is 0 Å². The van der Waals surface area contributed by atoms with Gasteiger partial charge in [0.2, 0.25) is 0 Å². The van der Waals surface area contributed by atoms with Crippen LogP contribution in [0, 0.1) is 0 Å². The number of rotatable bonds is 5. The van der Waals surface area contributed by atoms with Gasteiger partial charge in [-0.3, -0.25) is 0 Å². The molecule has 3 heterocycles.